The normalized spacial score (nSPS) is 10.7. The van der Waals surface area contributed by atoms with Gasteiger partial charge in [-0.1, -0.05) is 30.3 Å². The van der Waals surface area contributed by atoms with Crippen LogP contribution in [0.1, 0.15) is 17.8 Å². The monoisotopic (exact) mass is 366 g/mol. The molecule has 0 amide bonds. The average Bonchev–Trinajstić information content (AvgIpc) is 2.68. The van der Waals surface area contributed by atoms with E-state index < -0.39 is 0 Å². The SMILES string of the molecule is Cc1ccccc1OCCOC(=O)CCc1nc2ccccc2c(=O)n1C. The molecule has 0 aliphatic carbocycles. The fourth-order valence-electron chi connectivity index (χ4n) is 2.80. The molecule has 1 heterocycles. The molecule has 6 nitrogen and oxygen atoms in total. The highest BCUT2D eigenvalue weighted by molar-refractivity contribution is 5.77. The van der Waals surface area contributed by atoms with Gasteiger partial charge in [0, 0.05) is 13.5 Å². The summed E-state index contributed by atoms with van der Waals surface area (Å²) in [6.07, 6.45) is 0.497. The Balaban J connectivity index is 1.51. The number of nitrogens with zero attached hydrogens (tertiary/aromatic N) is 2. The molecule has 1 aromatic heterocycles. The van der Waals surface area contributed by atoms with Gasteiger partial charge in [0.05, 0.1) is 17.3 Å². The molecular formula is C21H22N2O4. The zero-order valence-corrected chi connectivity index (χ0v) is 15.5. The summed E-state index contributed by atoms with van der Waals surface area (Å²) in [4.78, 5) is 28.8. The van der Waals surface area contributed by atoms with Crippen LogP contribution in [-0.4, -0.2) is 28.7 Å². The lowest BCUT2D eigenvalue weighted by molar-refractivity contribution is -0.144. The van der Waals surface area contributed by atoms with Crippen LogP contribution in [0.25, 0.3) is 10.9 Å². The molecule has 6 heteroatoms. The number of hydrogen-bond donors (Lipinski definition) is 0. The number of benzene rings is 2. The summed E-state index contributed by atoms with van der Waals surface area (Å²) in [6.45, 7) is 2.43. The average molecular weight is 366 g/mol. The largest absolute Gasteiger partial charge is 0.490 e. The van der Waals surface area contributed by atoms with Crippen LogP contribution < -0.4 is 10.3 Å². The molecule has 0 N–H and O–H groups in total. The van der Waals surface area contributed by atoms with Crippen LogP contribution >= 0.6 is 0 Å². The highest BCUT2D eigenvalue weighted by atomic mass is 16.6. The molecule has 2 aromatic carbocycles. The van der Waals surface area contributed by atoms with Crippen LogP contribution in [0.15, 0.2) is 53.3 Å². The maximum atomic E-state index is 12.4. The number of aryl methyl sites for hydroxylation is 2. The number of fused-ring (bicyclic) bond motifs is 1. The van der Waals surface area contributed by atoms with E-state index in [0.29, 0.717) is 29.8 Å². The van der Waals surface area contributed by atoms with E-state index in [-0.39, 0.29) is 24.6 Å². The van der Waals surface area contributed by atoms with Crippen LogP contribution in [0.2, 0.25) is 0 Å². The number of ether oxygens (including phenoxy) is 2. The quantitative estimate of drug-likeness (QED) is 0.475. The van der Waals surface area contributed by atoms with Crippen molar-refractivity contribution in [1.82, 2.24) is 9.55 Å². The summed E-state index contributed by atoms with van der Waals surface area (Å²) < 4.78 is 12.3. The van der Waals surface area contributed by atoms with Gasteiger partial charge in [-0.2, -0.15) is 0 Å². The molecular weight excluding hydrogens is 344 g/mol. The molecule has 0 saturated carbocycles. The van der Waals surface area contributed by atoms with Crippen LogP contribution in [0, 0.1) is 6.92 Å². The van der Waals surface area contributed by atoms with Crippen molar-refractivity contribution in [3.05, 3.63) is 70.3 Å². The lowest BCUT2D eigenvalue weighted by Crippen LogP contribution is -2.23. The zero-order valence-electron chi connectivity index (χ0n) is 15.5. The number of rotatable bonds is 7. The first-order valence-corrected chi connectivity index (χ1v) is 8.85. The van der Waals surface area contributed by atoms with Gasteiger partial charge in [0.25, 0.3) is 5.56 Å². The number of aromatic nitrogens is 2. The van der Waals surface area contributed by atoms with Crippen molar-refractivity contribution in [2.75, 3.05) is 13.2 Å². The Labute approximate surface area is 157 Å². The first-order valence-electron chi connectivity index (χ1n) is 8.85. The Morgan fingerprint density at radius 3 is 2.63 bits per heavy atom. The van der Waals surface area contributed by atoms with E-state index in [0.717, 1.165) is 11.3 Å². The van der Waals surface area contributed by atoms with E-state index in [1.165, 1.54) is 4.57 Å². The molecule has 0 spiro atoms. The van der Waals surface area contributed by atoms with E-state index in [4.69, 9.17) is 9.47 Å². The minimum absolute atomic E-state index is 0.115. The van der Waals surface area contributed by atoms with Crippen molar-refractivity contribution in [3.8, 4) is 5.75 Å². The van der Waals surface area contributed by atoms with Crippen molar-refractivity contribution >= 4 is 16.9 Å². The Bertz CT molecular complexity index is 1010. The topological polar surface area (TPSA) is 70.4 Å². The minimum atomic E-state index is -0.342. The zero-order chi connectivity index (χ0) is 19.2. The second-order valence-electron chi connectivity index (χ2n) is 6.24. The van der Waals surface area contributed by atoms with Crippen LogP contribution in [-0.2, 0) is 23.0 Å². The van der Waals surface area contributed by atoms with Gasteiger partial charge >= 0.3 is 5.97 Å². The fourth-order valence-corrected chi connectivity index (χ4v) is 2.80. The summed E-state index contributed by atoms with van der Waals surface area (Å²) in [7, 11) is 1.67. The second-order valence-corrected chi connectivity index (χ2v) is 6.24. The Morgan fingerprint density at radius 2 is 1.81 bits per heavy atom. The summed E-state index contributed by atoms with van der Waals surface area (Å²) in [6, 6.07) is 14.9. The molecule has 3 rings (SSSR count). The Hall–Kier alpha value is -3.15. The van der Waals surface area contributed by atoms with Gasteiger partial charge in [-0.3, -0.25) is 14.2 Å². The van der Waals surface area contributed by atoms with Crippen molar-refractivity contribution in [1.29, 1.82) is 0 Å². The van der Waals surface area contributed by atoms with Gasteiger partial charge < -0.3 is 9.47 Å². The van der Waals surface area contributed by atoms with E-state index in [1.54, 1.807) is 19.2 Å². The van der Waals surface area contributed by atoms with Gasteiger partial charge in [-0.25, -0.2) is 4.98 Å². The predicted octanol–water partition coefficient (Wildman–Crippen LogP) is 2.80. The molecule has 0 atom stereocenters. The third-order valence-electron chi connectivity index (χ3n) is 4.33. The number of carbonyl (C=O) groups is 1. The third-order valence-corrected chi connectivity index (χ3v) is 4.33. The van der Waals surface area contributed by atoms with E-state index in [1.807, 2.05) is 43.3 Å². The molecule has 0 aliphatic rings. The second kappa shape index (κ2) is 8.49. The number of hydrogen-bond acceptors (Lipinski definition) is 5. The molecule has 27 heavy (non-hydrogen) atoms. The number of carbonyl (C=O) groups excluding carboxylic acids is 1. The third kappa shape index (κ3) is 4.53. The Morgan fingerprint density at radius 1 is 1.07 bits per heavy atom. The van der Waals surface area contributed by atoms with Gasteiger partial charge in [-0.05, 0) is 30.7 Å². The van der Waals surface area contributed by atoms with Gasteiger partial charge in [0.15, 0.2) is 0 Å². The van der Waals surface area contributed by atoms with Crippen LogP contribution in [0.3, 0.4) is 0 Å². The summed E-state index contributed by atoms with van der Waals surface area (Å²) in [5.74, 6) is 1.00. The van der Waals surface area contributed by atoms with Crippen LogP contribution in [0.5, 0.6) is 5.75 Å². The summed E-state index contributed by atoms with van der Waals surface area (Å²) >= 11 is 0. The molecule has 0 unspecified atom stereocenters. The lowest BCUT2D eigenvalue weighted by Gasteiger charge is -2.10. The first kappa shape index (κ1) is 18.6. The van der Waals surface area contributed by atoms with E-state index in [9.17, 15) is 9.59 Å². The maximum Gasteiger partial charge on any atom is 0.306 e. The van der Waals surface area contributed by atoms with E-state index >= 15 is 0 Å². The van der Waals surface area contributed by atoms with Gasteiger partial charge in [-0.15, -0.1) is 0 Å². The summed E-state index contributed by atoms with van der Waals surface area (Å²) in [5, 5.41) is 0.569. The van der Waals surface area contributed by atoms with Crippen molar-refractivity contribution in [3.63, 3.8) is 0 Å². The van der Waals surface area contributed by atoms with Crippen LogP contribution in [0.4, 0.5) is 0 Å². The number of esters is 1. The standard InChI is InChI=1S/C21H22N2O4/c1-15-7-3-6-10-18(15)26-13-14-27-20(24)12-11-19-22-17-9-5-4-8-16(17)21(25)23(19)2/h3-10H,11-14H2,1-2H3. The van der Waals surface area contributed by atoms with Crippen molar-refractivity contribution in [2.45, 2.75) is 19.8 Å². The molecule has 0 aliphatic heterocycles. The highest BCUT2D eigenvalue weighted by Gasteiger charge is 2.11. The molecule has 0 fully saturated rings. The first-order chi connectivity index (χ1) is 13.1. The van der Waals surface area contributed by atoms with Gasteiger partial charge in [0.2, 0.25) is 0 Å². The predicted molar refractivity (Wildman–Crippen MR) is 103 cm³/mol. The molecule has 140 valence electrons. The molecule has 0 saturated heterocycles. The molecule has 0 radical (unpaired) electrons. The van der Waals surface area contributed by atoms with Crippen molar-refractivity contribution < 1.29 is 14.3 Å². The van der Waals surface area contributed by atoms with Gasteiger partial charge in [0.1, 0.15) is 24.8 Å². The molecule has 0 bridgehead atoms. The minimum Gasteiger partial charge on any atom is -0.490 e. The highest BCUT2D eigenvalue weighted by Crippen LogP contribution is 2.15. The Kier molecular flexibility index (Phi) is 5.86. The molecule has 3 aromatic rings. The number of para-hydroxylation sites is 2. The fraction of sp³-hybridized carbons (Fsp3) is 0.286. The smallest absolute Gasteiger partial charge is 0.306 e. The summed E-state index contributed by atoms with van der Waals surface area (Å²) in [5.41, 5.74) is 1.55. The van der Waals surface area contributed by atoms with Crippen molar-refractivity contribution in [2.24, 2.45) is 7.05 Å². The lowest BCUT2D eigenvalue weighted by atomic mass is 10.2. The van der Waals surface area contributed by atoms with E-state index in [2.05, 4.69) is 4.98 Å². The maximum absolute atomic E-state index is 12.4.